The summed E-state index contributed by atoms with van der Waals surface area (Å²) in [5.41, 5.74) is 2.80. The van der Waals surface area contributed by atoms with E-state index in [-0.39, 0.29) is 0 Å². The van der Waals surface area contributed by atoms with Crippen LogP contribution in [0.25, 0.3) is 0 Å². The number of hydrogen-bond acceptors (Lipinski definition) is 2. The van der Waals surface area contributed by atoms with Gasteiger partial charge < -0.3 is 9.64 Å². The number of rotatable bonds is 4. The Morgan fingerprint density at radius 1 is 0.952 bits per heavy atom. The molecule has 0 unspecified atom stereocenters. The first-order chi connectivity index (χ1) is 10.4. The Labute approximate surface area is 127 Å². The van der Waals surface area contributed by atoms with Gasteiger partial charge in [-0.1, -0.05) is 30.3 Å². The van der Waals surface area contributed by atoms with Crippen LogP contribution in [0.2, 0.25) is 0 Å². The molecule has 1 aliphatic heterocycles. The Hall–Kier alpha value is -1.96. The third-order valence-corrected chi connectivity index (χ3v) is 4.28. The third-order valence-electron chi connectivity index (χ3n) is 4.28. The maximum atomic E-state index is 5.50. The number of anilines is 1. The molecule has 0 spiro atoms. The van der Waals surface area contributed by atoms with Crippen LogP contribution in [-0.2, 0) is 0 Å². The minimum absolute atomic E-state index is 0.713. The van der Waals surface area contributed by atoms with Crippen molar-refractivity contribution in [2.75, 3.05) is 24.6 Å². The molecule has 0 N–H and O–H groups in total. The second-order valence-electron chi connectivity index (χ2n) is 5.60. The van der Waals surface area contributed by atoms with Crippen LogP contribution in [0.1, 0.15) is 31.2 Å². The Bertz CT molecular complexity index is 542. The standard InChI is InChI=1S/C19H23NO/c1-2-21-19-10-8-18(9-11-19)20-14-12-17(13-15-20)16-6-4-3-5-7-16/h3-11,17H,2,12-15H2,1H3. The predicted molar refractivity (Wildman–Crippen MR) is 88.2 cm³/mol. The Balaban J connectivity index is 1.60. The van der Waals surface area contributed by atoms with Crippen LogP contribution in [0.4, 0.5) is 5.69 Å². The Morgan fingerprint density at radius 3 is 2.24 bits per heavy atom. The fraction of sp³-hybridized carbons (Fsp3) is 0.368. The van der Waals surface area contributed by atoms with E-state index in [9.17, 15) is 0 Å². The molecule has 0 aromatic heterocycles. The molecule has 21 heavy (non-hydrogen) atoms. The van der Waals surface area contributed by atoms with E-state index in [2.05, 4.69) is 59.5 Å². The molecule has 2 nitrogen and oxygen atoms in total. The van der Waals surface area contributed by atoms with E-state index in [0.29, 0.717) is 5.92 Å². The van der Waals surface area contributed by atoms with Crippen LogP contribution in [0.5, 0.6) is 5.75 Å². The summed E-state index contributed by atoms with van der Waals surface area (Å²) in [7, 11) is 0. The normalized spacial score (nSPS) is 16.0. The largest absolute Gasteiger partial charge is 0.494 e. The molecule has 2 aromatic rings. The quantitative estimate of drug-likeness (QED) is 0.820. The minimum atomic E-state index is 0.713. The fourth-order valence-electron chi connectivity index (χ4n) is 3.12. The van der Waals surface area contributed by atoms with Crippen molar-refractivity contribution in [3.63, 3.8) is 0 Å². The lowest BCUT2D eigenvalue weighted by Crippen LogP contribution is -2.32. The molecular formula is C19H23NO. The summed E-state index contributed by atoms with van der Waals surface area (Å²) in [6.45, 7) is 5.01. The summed E-state index contributed by atoms with van der Waals surface area (Å²) in [5, 5.41) is 0. The zero-order valence-electron chi connectivity index (χ0n) is 12.7. The lowest BCUT2D eigenvalue weighted by atomic mass is 9.89. The highest BCUT2D eigenvalue weighted by Crippen LogP contribution is 2.30. The highest BCUT2D eigenvalue weighted by Gasteiger charge is 2.20. The first-order valence-corrected chi connectivity index (χ1v) is 7.89. The maximum absolute atomic E-state index is 5.50. The van der Waals surface area contributed by atoms with Gasteiger partial charge in [0.2, 0.25) is 0 Å². The first-order valence-electron chi connectivity index (χ1n) is 7.89. The molecule has 0 amide bonds. The molecule has 2 aromatic carbocycles. The van der Waals surface area contributed by atoms with Gasteiger partial charge in [-0.05, 0) is 55.5 Å². The molecule has 0 saturated carbocycles. The zero-order valence-corrected chi connectivity index (χ0v) is 12.7. The second kappa shape index (κ2) is 6.66. The van der Waals surface area contributed by atoms with Crippen molar-refractivity contribution in [1.29, 1.82) is 0 Å². The molecule has 1 saturated heterocycles. The van der Waals surface area contributed by atoms with Crippen molar-refractivity contribution in [3.8, 4) is 5.75 Å². The van der Waals surface area contributed by atoms with Gasteiger partial charge in [-0.25, -0.2) is 0 Å². The summed E-state index contributed by atoms with van der Waals surface area (Å²) in [6.07, 6.45) is 2.47. The second-order valence-corrected chi connectivity index (χ2v) is 5.60. The summed E-state index contributed by atoms with van der Waals surface area (Å²) < 4.78 is 5.50. The highest BCUT2D eigenvalue weighted by molar-refractivity contribution is 5.49. The van der Waals surface area contributed by atoms with Crippen LogP contribution in [0.15, 0.2) is 54.6 Å². The smallest absolute Gasteiger partial charge is 0.119 e. The van der Waals surface area contributed by atoms with Crippen molar-refractivity contribution in [1.82, 2.24) is 0 Å². The van der Waals surface area contributed by atoms with E-state index in [1.165, 1.54) is 24.1 Å². The summed E-state index contributed by atoms with van der Waals surface area (Å²) >= 11 is 0. The number of piperidine rings is 1. The summed E-state index contributed by atoms with van der Waals surface area (Å²) in [5.74, 6) is 1.67. The molecule has 1 fully saturated rings. The van der Waals surface area contributed by atoms with Gasteiger partial charge in [0, 0.05) is 18.8 Å². The van der Waals surface area contributed by atoms with Gasteiger partial charge >= 0.3 is 0 Å². The molecule has 1 aliphatic rings. The van der Waals surface area contributed by atoms with Gasteiger partial charge in [0.15, 0.2) is 0 Å². The molecule has 2 heteroatoms. The van der Waals surface area contributed by atoms with Gasteiger partial charge in [-0.3, -0.25) is 0 Å². The number of ether oxygens (including phenoxy) is 1. The topological polar surface area (TPSA) is 12.5 Å². The Kier molecular flexibility index (Phi) is 4.44. The lowest BCUT2D eigenvalue weighted by Gasteiger charge is -2.34. The van der Waals surface area contributed by atoms with Gasteiger partial charge in [0.25, 0.3) is 0 Å². The van der Waals surface area contributed by atoms with Gasteiger partial charge in [0.05, 0.1) is 6.61 Å². The average molecular weight is 281 g/mol. The third kappa shape index (κ3) is 3.38. The molecular weight excluding hydrogens is 258 g/mol. The van der Waals surface area contributed by atoms with Gasteiger partial charge in [0.1, 0.15) is 5.75 Å². The van der Waals surface area contributed by atoms with Crippen LogP contribution >= 0.6 is 0 Å². The number of hydrogen-bond donors (Lipinski definition) is 0. The summed E-state index contributed by atoms with van der Waals surface area (Å²) in [6, 6.07) is 19.4. The average Bonchev–Trinajstić information content (AvgIpc) is 2.57. The van der Waals surface area contributed by atoms with Crippen LogP contribution in [-0.4, -0.2) is 19.7 Å². The fourth-order valence-corrected chi connectivity index (χ4v) is 3.12. The van der Waals surface area contributed by atoms with Crippen LogP contribution in [0.3, 0.4) is 0 Å². The van der Waals surface area contributed by atoms with Gasteiger partial charge in [-0.2, -0.15) is 0 Å². The van der Waals surface area contributed by atoms with E-state index in [1.54, 1.807) is 0 Å². The minimum Gasteiger partial charge on any atom is -0.494 e. The molecule has 0 radical (unpaired) electrons. The van der Waals surface area contributed by atoms with E-state index in [1.807, 2.05) is 6.92 Å². The first kappa shape index (κ1) is 14.0. The summed E-state index contributed by atoms with van der Waals surface area (Å²) in [4.78, 5) is 2.48. The van der Waals surface area contributed by atoms with Crippen molar-refractivity contribution in [2.45, 2.75) is 25.7 Å². The zero-order chi connectivity index (χ0) is 14.5. The molecule has 0 bridgehead atoms. The molecule has 3 rings (SSSR count). The van der Waals surface area contributed by atoms with E-state index < -0.39 is 0 Å². The van der Waals surface area contributed by atoms with Crippen molar-refractivity contribution < 1.29 is 4.74 Å². The highest BCUT2D eigenvalue weighted by atomic mass is 16.5. The number of benzene rings is 2. The van der Waals surface area contributed by atoms with E-state index in [0.717, 1.165) is 25.4 Å². The molecule has 1 heterocycles. The molecule has 110 valence electrons. The SMILES string of the molecule is CCOc1ccc(N2CCC(c3ccccc3)CC2)cc1. The van der Waals surface area contributed by atoms with Crippen LogP contribution < -0.4 is 9.64 Å². The number of nitrogens with zero attached hydrogens (tertiary/aromatic N) is 1. The maximum Gasteiger partial charge on any atom is 0.119 e. The molecule has 0 aliphatic carbocycles. The van der Waals surface area contributed by atoms with E-state index in [4.69, 9.17) is 4.74 Å². The Morgan fingerprint density at radius 2 is 1.62 bits per heavy atom. The predicted octanol–water partition coefficient (Wildman–Crippen LogP) is 4.47. The molecule has 0 atom stereocenters. The monoisotopic (exact) mass is 281 g/mol. The van der Waals surface area contributed by atoms with Crippen LogP contribution in [0, 0.1) is 0 Å². The van der Waals surface area contributed by atoms with Gasteiger partial charge in [-0.15, -0.1) is 0 Å². The van der Waals surface area contributed by atoms with Crippen molar-refractivity contribution in [2.24, 2.45) is 0 Å². The van der Waals surface area contributed by atoms with Crippen molar-refractivity contribution >= 4 is 5.69 Å². The van der Waals surface area contributed by atoms with E-state index >= 15 is 0 Å². The lowest BCUT2D eigenvalue weighted by molar-refractivity contribution is 0.340. The van der Waals surface area contributed by atoms with Crippen molar-refractivity contribution in [3.05, 3.63) is 60.2 Å².